The highest BCUT2D eigenvalue weighted by Gasteiger charge is 2.22. The molecule has 4 heteroatoms. The van der Waals surface area contributed by atoms with Gasteiger partial charge in [0.1, 0.15) is 0 Å². The van der Waals surface area contributed by atoms with E-state index in [1.807, 2.05) is 13.8 Å². The number of nitrogens with zero attached hydrogens (tertiary/aromatic N) is 2. The lowest BCUT2D eigenvalue weighted by atomic mass is 9.97. The normalized spacial score (nSPS) is 14.0. The Hall–Kier alpha value is -1.00. The molecule has 0 spiro atoms. The fraction of sp³-hybridized carbons (Fsp3) is 0.600. The quantitative estimate of drug-likeness (QED) is 0.786. The number of ether oxygens (including phenoxy) is 1. The van der Waals surface area contributed by atoms with Crippen LogP contribution in [0.25, 0.3) is 0 Å². The number of hydrogen-bond donors (Lipinski definition) is 1. The number of aromatic nitrogens is 2. The zero-order valence-electron chi connectivity index (χ0n) is 8.90. The van der Waals surface area contributed by atoms with Crippen LogP contribution in [0.15, 0.2) is 18.6 Å². The highest BCUT2D eigenvalue weighted by atomic mass is 16.5. The Balaban J connectivity index is 2.64. The van der Waals surface area contributed by atoms with E-state index < -0.39 is 0 Å². The summed E-state index contributed by atoms with van der Waals surface area (Å²) >= 11 is 0. The van der Waals surface area contributed by atoms with Gasteiger partial charge in [0.15, 0.2) is 0 Å². The lowest BCUT2D eigenvalue weighted by molar-refractivity contribution is 0.00964. The van der Waals surface area contributed by atoms with Crippen LogP contribution in [0.3, 0.4) is 0 Å². The minimum atomic E-state index is -0.225. The molecule has 1 heterocycles. The van der Waals surface area contributed by atoms with Gasteiger partial charge in [0.2, 0.25) is 0 Å². The molecule has 2 N–H and O–H groups in total. The van der Waals surface area contributed by atoms with Crippen molar-refractivity contribution >= 4 is 0 Å². The molecule has 0 radical (unpaired) electrons. The van der Waals surface area contributed by atoms with E-state index in [9.17, 15) is 0 Å². The lowest BCUT2D eigenvalue weighted by Gasteiger charge is -2.25. The third-order valence-corrected chi connectivity index (χ3v) is 2.23. The zero-order chi connectivity index (χ0) is 10.6. The van der Waals surface area contributed by atoms with E-state index in [0.717, 1.165) is 12.1 Å². The first-order chi connectivity index (χ1) is 6.55. The Morgan fingerprint density at radius 2 is 2.21 bits per heavy atom. The first-order valence-electron chi connectivity index (χ1n) is 4.62. The van der Waals surface area contributed by atoms with Crippen LogP contribution in [0.5, 0.6) is 0 Å². The van der Waals surface area contributed by atoms with Crippen molar-refractivity contribution in [3.63, 3.8) is 0 Å². The molecule has 0 aliphatic heterocycles. The Kier molecular flexibility index (Phi) is 3.55. The van der Waals surface area contributed by atoms with Gasteiger partial charge in [-0.2, -0.15) is 0 Å². The largest absolute Gasteiger partial charge is 0.379 e. The van der Waals surface area contributed by atoms with Crippen LogP contribution in [0.1, 0.15) is 32.0 Å². The van der Waals surface area contributed by atoms with Crippen molar-refractivity contribution in [3.8, 4) is 0 Å². The third-order valence-electron chi connectivity index (χ3n) is 2.23. The molecule has 1 unspecified atom stereocenters. The summed E-state index contributed by atoms with van der Waals surface area (Å²) in [7, 11) is 1.68. The predicted molar refractivity (Wildman–Crippen MR) is 54.7 cm³/mol. The van der Waals surface area contributed by atoms with E-state index >= 15 is 0 Å². The highest BCUT2D eigenvalue weighted by molar-refractivity contribution is 5.02. The van der Waals surface area contributed by atoms with Gasteiger partial charge in [0, 0.05) is 25.7 Å². The summed E-state index contributed by atoms with van der Waals surface area (Å²) in [5, 5.41) is 0. The molecule has 1 rings (SSSR count). The lowest BCUT2D eigenvalue weighted by Crippen LogP contribution is -2.29. The topological polar surface area (TPSA) is 61.0 Å². The maximum absolute atomic E-state index is 5.97. The van der Waals surface area contributed by atoms with Gasteiger partial charge in [-0.25, -0.2) is 0 Å². The molecule has 0 bridgehead atoms. The SMILES string of the molecule is COC(C)(C)CC(N)c1cnccn1. The first-order valence-corrected chi connectivity index (χ1v) is 4.62. The van der Waals surface area contributed by atoms with Crippen LogP contribution < -0.4 is 5.73 Å². The second-order valence-corrected chi connectivity index (χ2v) is 3.90. The number of methoxy groups -OCH3 is 1. The van der Waals surface area contributed by atoms with Crippen LogP contribution in [0.2, 0.25) is 0 Å². The molecule has 0 aromatic carbocycles. The zero-order valence-corrected chi connectivity index (χ0v) is 8.90. The molecule has 1 aromatic rings. The number of hydrogen-bond acceptors (Lipinski definition) is 4. The number of nitrogens with two attached hydrogens (primary N) is 1. The summed E-state index contributed by atoms with van der Waals surface area (Å²) in [6.07, 6.45) is 5.70. The summed E-state index contributed by atoms with van der Waals surface area (Å²) in [5.74, 6) is 0. The molecular weight excluding hydrogens is 178 g/mol. The molecule has 0 fully saturated rings. The number of rotatable bonds is 4. The van der Waals surface area contributed by atoms with Crippen LogP contribution in [-0.2, 0) is 4.74 Å². The standard InChI is InChI=1S/C10H17N3O/c1-10(2,14-3)6-8(11)9-7-12-4-5-13-9/h4-5,7-8H,6,11H2,1-3H3. The molecule has 0 aliphatic rings. The maximum atomic E-state index is 5.97. The van der Waals surface area contributed by atoms with Crippen molar-refractivity contribution in [2.24, 2.45) is 5.73 Å². The second kappa shape index (κ2) is 4.48. The Bertz CT molecular complexity index is 274. The molecule has 78 valence electrons. The molecule has 4 nitrogen and oxygen atoms in total. The molecule has 1 aromatic heterocycles. The fourth-order valence-electron chi connectivity index (χ4n) is 1.22. The molecule has 0 amide bonds. The third kappa shape index (κ3) is 3.05. The van der Waals surface area contributed by atoms with Gasteiger partial charge in [-0.1, -0.05) is 0 Å². The molecule has 0 saturated heterocycles. The van der Waals surface area contributed by atoms with Gasteiger partial charge >= 0.3 is 0 Å². The van der Waals surface area contributed by atoms with E-state index in [0.29, 0.717) is 0 Å². The molecule has 1 atom stereocenters. The van der Waals surface area contributed by atoms with Gasteiger partial charge < -0.3 is 10.5 Å². The van der Waals surface area contributed by atoms with Crippen molar-refractivity contribution in [1.82, 2.24) is 9.97 Å². The van der Waals surface area contributed by atoms with Gasteiger partial charge in [0.05, 0.1) is 17.3 Å². The molecular formula is C10H17N3O. The van der Waals surface area contributed by atoms with Crippen molar-refractivity contribution in [3.05, 3.63) is 24.3 Å². The minimum absolute atomic E-state index is 0.126. The summed E-state index contributed by atoms with van der Waals surface area (Å²) < 4.78 is 5.30. The van der Waals surface area contributed by atoms with E-state index in [-0.39, 0.29) is 11.6 Å². The summed E-state index contributed by atoms with van der Waals surface area (Å²) in [5.41, 5.74) is 6.55. The Labute approximate surface area is 84.5 Å². The van der Waals surface area contributed by atoms with E-state index in [1.165, 1.54) is 0 Å². The Morgan fingerprint density at radius 1 is 1.50 bits per heavy atom. The van der Waals surface area contributed by atoms with Crippen LogP contribution >= 0.6 is 0 Å². The Morgan fingerprint density at radius 3 is 2.71 bits per heavy atom. The average molecular weight is 195 g/mol. The molecule has 14 heavy (non-hydrogen) atoms. The van der Waals surface area contributed by atoms with Crippen LogP contribution in [-0.4, -0.2) is 22.7 Å². The molecule has 0 aliphatic carbocycles. The average Bonchev–Trinajstić information content (AvgIpc) is 2.19. The van der Waals surface area contributed by atoms with Gasteiger partial charge in [-0.15, -0.1) is 0 Å². The first kappa shape index (κ1) is 11.1. The van der Waals surface area contributed by atoms with Gasteiger partial charge in [-0.05, 0) is 20.3 Å². The van der Waals surface area contributed by atoms with Crippen molar-refractivity contribution < 1.29 is 4.74 Å². The minimum Gasteiger partial charge on any atom is -0.379 e. The smallest absolute Gasteiger partial charge is 0.0754 e. The van der Waals surface area contributed by atoms with Gasteiger partial charge in [-0.3, -0.25) is 9.97 Å². The van der Waals surface area contributed by atoms with Crippen molar-refractivity contribution in [2.75, 3.05) is 7.11 Å². The summed E-state index contributed by atoms with van der Waals surface area (Å²) in [6.45, 7) is 4.01. The van der Waals surface area contributed by atoms with Crippen LogP contribution in [0, 0.1) is 0 Å². The summed E-state index contributed by atoms with van der Waals surface area (Å²) in [6, 6.07) is -0.126. The second-order valence-electron chi connectivity index (χ2n) is 3.90. The molecule has 0 saturated carbocycles. The maximum Gasteiger partial charge on any atom is 0.0754 e. The highest BCUT2D eigenvalue weighted by Crippen LogP contribution is 2.21. The van der Waals surface area contributed by atoms with E-state index in [2.05, 4.69) is 9.97 Å². The monoisotopic (exact) mass is 195 g/mol. The fourth-order valence-corrected chi connectivity index (χ4v) is 1.22. The predicted octanol–water partition coefficient (Wildman–Crippen LogP) is 1.29. The van der Waals surface area contributed by atoms with E-state index in [1.54, 1.807) is 25.7 Å². The van der Waals surface area contributed by atoms with Crippen LogP contribution in [0.4, 0.5) is 0 Å². The van der Waals surface area contributed by atoms with Crippen molar-refractivity contribution in [1.29, 1.82) is 0 Å². The summed E-state index contributed by atoms with van der Waals surface area (Å²) in [4.78, 5) is 8.13. The van der Waals surface area contributed by atoms with E-state index in [4.69, 9.17) is 10.5 Å². The van der Waals surface area contributed by atoms with Gasteiger partial charge in [0.25, 0.3) is 0 Å². The van der Waals surface area contributed by atoms with Crippen molar-refractivity contribution in [2.45, 2.75) is 31.9 Å².